The van der Waals surface area contributed by atoms with E-state index in [-0.39, 0.29) is 37.7 Å². The van der Waals surface area contributed by atoms with E-state index < -0.39 is 30.3 Å². The maximum atomic E-state index is 13.0. The lowest BCUT2D eigenvalue weighted by atomic mass is 10.0. The number of carbonyl (C=O) groups excluding carboxylic acids is 3. The average molecular weight is 658 g/mol. The minimum atomic E-state index is -5.04. The number of alkyl halides is 3. The van der Waals surface area contributed by atoms with Gasteiger partial charge in [0.05, 0.1) is 18.8 Å². The monoisotopic (exact) mass is 657 g/mol. The van der Waals surface area contributed by atoms with Gasteiger partial charge in [-0.05, 0) is 60.4 Å². The van der Waals surface area contributed by atoms with Crippen LogP contribution < -0.4 is 10.6 Å². The number of aliphatic hydroxyl groups is 1. The van der Waals surface area contributed by atoms with Gasteiger partial charge < -0.3 is 30.1 Å². The van der Waals surface area contributed by atoms with Crippen molar-refractivity contribution in [1.82, 2.24) is 4.90 Å². The highest BCUT2D eigenvalue weighted by Crippen LogP contribution is 2.40. The highest BCUT2D eigenvalue weighted by molar-refractivity contribution is 7.99. The Morgan fingerprint density at radius 3 is 2.17 bits per heavy atom. The summed E-state index contributed by atoms with van der Waals surface area (Å²) in [6.45, 7) is 1.25. The van der Waals surface area contributed by atoms with Crippen molar-refractivity contribution in [2.24, 2.45) is 0 Å². The van der Waals surface area contributed by atoms with Gasteiger partial charge in [-0.25, -0.2) is 0 Å². The van der Waals surface area contributed by atoms with Crippen molar-refractivity contribution >= 4 is 40.9 Å². The fourth-order valence-corrected chi connectivity index (χ4v) is 6.37. The van der Waals surface area contributed by atoms with Crippen molar-refractivity contribution < 1.29 is 42.1 Å². The number of ether oxygens (including phenoxy) is 2. The van der Waals surface area contributed by atoms with E-state index in [0.717, 1.165) is 16.0 Å². The van der Waals surface area contributed by atoms with Gasteiger partial charge in [0.1, 0.15) is 6.04 Å². The quantitative estimate of drug-likeness (QED) is 0.243. The number of halogens is 3. The van der Waals surface area contributed by atoms with Gasteiger partial charge in [-0.1, -0.05) is 36.4 Å². The van der Waals surface area contributed by atoms with Crippen molar-refractivity contribution in [3.05, 3.63) is 89.5 Å². The first kappa shape index (κ1) is 33.5. The number of hydrogen-bond acceptors (Lipinski definition) is 7. The third-order valence-corrected chi connectivity index (χ3v) is 8.88. The van der Waals surface area contributed by atoms with Crippen LogP contribution in [0.5, 0.6) is 0 Å². The molecule has 2 heterocycles. The minimum Gasteiger partial charge on any atom is -0.392 e. The summed E-state index contributed by atoms with van der Waals surface area (Å²) in [6.07, 6.45) is -5.27. The number of amides is 3. The van der Waals surface area contributed by atoms with E-state index in [1.807, 2.05) is 48.5 Å². The maximum absolute atomic E-state index is 13.0. The molecule has 0 unspecified atom stereocenters. The zero-order chi connectivity index (χ0) is 32.8. The normalized spacial score (nSPS) is 21.5. The Kier molecular flexibility index (Phi) is 10.7. The summed E-state index contributed by atoms with van der Waals surface area (Å²) in [4.78, 5) is 37.5. The van der Waals surface area contributed by atoms with Crippen LogP contribution in [-0.4, -0.2) is 58.3 Å². The molecule has 2 aliphatic rings. The number of likely N-dealkylation sites (tertiary alicyclic amines) is 1. The highest BCUT2D eigenvalue weighted by atomic mass is 32.2. The van der Waals surface area contributed by atoms with Crippen LogP contribution in [0.4, 0.5) is 24.5 Å². The molecule has 2 saturated heterocycles. The Bertz CT molecular complexity index is 1520. The van der Waals surface area contributed by atoms with Gasteiger partial charge >= 0.3 is 12.1 Å². The third kappa shape index (κ3) is 8.46. The van der Waals surface area contributed by atoms with Crippen LogP contribution in [0.15, 0.2) is 77.7 Å². The van der Waals surface area contributed by atoms with Crippen molar-refractivity contribution in [3.63, 3.8) is 0 Å². The Morgan fingerprint density at radius 1 is 0.913 bits per heavy atom. The second kappa shape index (κ2) is 14.7. The first-order valence-electron chi connectivity index (χ1n) is 14.8. The van der Waals surface area contributed by atoms with Gasteiger partial charge in [-0.2, -0.15) is 13.2 Å². The predicted octanol–water partition coefficient (Wildman–Crippen LogP) is 5.97. The van der Waals surface area contributed by atoms with Gasteiger partial charge in [-0.15, -0.1) is 11.8 Å². The average Bonchev–Trinajstić information content (AvgIpc) is 3.54. The molecule has 0 aliphatic carbocycles. The number of benzene rings is 3. The predicted molar refractivity (Wildman–Crippen MR) is 166 cm³/mol. The fraction of sp³-hybridized carbons (Fsp3) is 0.364. The van der Waals surface area contributed by atoms with Crippen LogP contribution in [0.25, 0.3) is 0 Å². The molecule has 3 aromatic carbocycles. The largest absolute Gasteiger partial charge is 0.471 e. The Hall–Kier alpha value is -3.91. The van der Waals surface area contributed by atoms with Gasteiger partial charge in [0.2, 0.25) is 11.8 Å². The molecule has 13 heteroatoms. The molecular formula is C33H34F3N3O6S. The molecule has 9 nitrogen and oxygen atoms in total. The van der Waals surface area contributed by atoms with E-state index in [4.69, 9.17) is 9.47 Å². The molecular weight excluding hydrogens is 623 g/mol. The zero-order valence-electron chi connectivity index (χ0n) is 25.0. The van der Waals surface area contributed by atoms with E-state index in [0.29, 0.717) is 40.4 Å². The van der Waals surface area contributed by atoms with Crippen LogP contribution in [0.2, 0.25) is 0 Å². The van der Waals surface area contributed by atoms with Crippen LogP contribution in [0.3, 0.4) is 0 Å². The van der Waals surface area contributed by atoms with Crippen molar-refractivity contribution in [2.45, 2.75) is 68.4 Å². The fourth-order valence-electron chi connectivity index (χ4n) is 5.44. The molecule has 0 aromatic heterocycles. The Morgan fingerprint density at radius 2 is 1.54 bits per heavy atom. The lowest BCUT2D eigenvalue weighted by Crippen LogP contribution is -2.48. The summed E-state index contributed by atoms with van der Waals surface area (Å²) in [6, 6.07) is 20.5. The van der Waals surface area contributed by atoms with Crippen molar-refractivity contribution in [3.8, 4) is 0 Å². The Balaban J connectivity index is 1.27. The van der Waals surface area contributed by atoms with E-state index in [1.165, 1.54) is 6.92 Å². The molecule has 3 N–H and O–H groups in total. The second-order valence-corrected chi connectivity index (χ2v) is 12.2. The summed E-state index contributed by atoms with van der Waals surface area (Å²) in [7, 11) is 0. The molecule has 0 saturated carbocycles. The number of hydrogen-bond donors (Lipinski definition) is 3. The zero-order valence-corrected chi connectivity index (χ0v) is 25.8. The minimum absolute atomic E-state index is 0.0716. The first-order valence-corrected chi connectivity index (χ1v) is 15.8. The molecule has 2 fully saturated rings. The van der Waals surface area contributed by atoms with E-state index in [2.05, 4.69) is 10.6 Å². The molecule has 46 heavy (non-hydrogen) atoms. The van der Waals surface area contributed by atoms with E-state index in [1.54, 1.807) is 36.0 Å². The summed E-state index contributed by atoms with van der Waals surface area (Å²) in [5, 5.41) is 14.8. The van der Waals surface area contributed by atoms with Crippen LogP contribution in [0, 0.1) is 0 Å². The van der Waals surface area contributed by atoms with Crippen LogP contribution in [0.1, 0.15) is 55.3 Å². The lowest BCUT2D eigenvalue weighted by Gasteiger charge is -2.36. The number of anilines is 2. The molecule has 3 aromatic rings. The molecule has 3 amide bonds. The van der Waals surface area contributed by atoms with Gasteiger partial charge in [0.15, 0.2) is 6.29 Å². The number of carbonyl (C=O) groups is 3. The summed E-state index contributed by atoms with van der Waals surface area (Å²) in [5.74, 6) is -2.22. The number of nitrogens with zero attached hydrogens (tertiary/aromatic N) is 1. The number of nitrogens with one attached hydrogen (secondary N) is 2. The van der Waals surface area contributed by atoms with E-state index >= 15 is 0 Å². The Labute approximate surface area is 268 Å². The molecule has 244 valence electrons. The smallest absolute Gasteiger partial charge is 0.392 e. The number of thioether (sulfide) groups is 1. The lowest BCUT2D eigenvalue weighted by molar-refractivity contribution is -0.245. The molecule has 0 radical (unpaired) electrons. The summed E-state index contributed by atoms with van der Waals surface area (Å²) < 4.78 is 51.7. The summed E-state index contributed by atoms with van der Waals surface area (Å²) in [5.41, 5.74) is 3.46. The molecule has 5 rings (SSSR count). The molecule has 0 bridgehead atoms. The SMILES string of the molecule is CC(=O)Nc1ccc(SC[C@@H]2C[C@H](c3ccc(CO)cc3)O[C@H](c3ccc(NC(=O)[C@@H]4CCCN4C(=O)C(F)(F)F)cc3)O2)cc1. The van der Waals surface area contributed by atoms with Crippen LogP contribution >= 0.6 is 11.8 Å². The van der Waals surface area contributed by atoms with Gasteiger partial charge in [-0.3, -0.25) is 14.4 Å². The third-order valence-electron chi connectivity index (χ3n) is 7.73. The van der Waals surface area contributed by atoms with E-state index in [9.17, 15) is 32.7 Å². The standard InChI is InChI=1S/C33H34F3N3O6S/c1-20(41)37-24-12-14-27(15-13-24)46-19-26-17-29(22-6-4-21(18-40)5-7-22)45-31(44-26)23-8-10-25(11-9-23)38-30(42)28-3-2-16-39(28)32(43)33(34,35)36/h4-15,26,28-29,31,40H,2-3,16-19H2,1H3,(H,37,41)(H,38,42)/t26-,28-,29+,31+/m0/s1. The van der Waals surface area contributed by atoms with Crippen molar-refractivity contribution in [2.75, 3.05) is 22.9 Å². The number of aliphatic hydroxyl groups excluding tert-OH is 1. The van der Waals surface area contributed by atoms with Crippen molar-refractivity contribution in [1.29, 1.82) is 0 Å². The van der Waals surface area contributed by atoms with Crippen LogP contribution in [-0.2, 0) is 30.5 Å². The van der Waals surface area contributed by atoms with Gasteiger partial charge in [0.25, 0.3) is 0 Å². The maximum Gasteiger partial charge on any atom is 0.471 e. The molecule has 4 atom stereocenters. The molecule has 0 spiro atoms. The summed E-state index contributed by atoms with van der Waals surface area (Å²) >= 11 is 1.61. The first-order chi connectivity index (χ1) is 22.0. The molecule has 2 aliphatic heterocycles. The second-order valence-electron chi connectivity index (χ2n) is 11.1. The number of rotatable bonds is 9. The highest BCUT2D eigenvalue weighted by Gasteiger charge is 2.47. The van der Waals surface area contributed by atoms with Gasteiger partial charge in [0, 0.05) is 47.5 Å². The topological polar surface area (TPSA) is 117 Å².